The van der Waals surface area contributed by atoms with Crippen LogP contribution in [0.4, 0.5) is 5.00 Å². The molecular formula is C20H16N2O3S. The molecule has 1 aromatic heterocycles. The lowest BCUT2D eigenvalue weighted by molar-refractivity contribution is -0.152. The molecule has 3 rings (SSSR count). The van der Waals surface area contributed by atoms with Crippen LogP contribution in [-0.2, 0) is 20.7 Å². The van der Waals surface area contributed by atoms with Crippen molar-refractivity contribution in [2.45, 2.75) is 19.4 Å². The summed E-state index contributed by atoms with van der Waals surface area (Å²) in [4.78, 5) is 24.3. The SMILES string of the molecule is C[C@H](OC(=O)Cc1ccc2ccccc2c1)C(=O)Nc1sccc1C#N. The maximum Gasteiger partial charge on any atom is 0.311 e. The molecule has 0 aliphatic heterocycles. The molecule has 0 radical (unpaired) electrons. The number of rotatable bonds is 5. The average Bonchev–Trinajstić information content (AvgIpc) is 3.08. The quantitative estimate of drug-likeness (QED) is 0.697. The molecule has 2 aromatic carbocycles. The van der Waals surface area contributed by atoms with Gasteiger partial charge < -0.3 is 10.1 Å². The lowest BCUT2D eigenvalue weighted by Crippen LogP contribution is -2.30. The molecule has 0 unspecified atom stereocenters. The number of thiophene rings is 1. The van der Waals surface area contributed by atoms with Gasteiger partial charge in [-0.15, -0.1) is 11.3 Å². The normalized spacial score (nSPS) is 11.5. The molecule has 1 amide bonds. The first-order valence-corrected chi connectivity index (χ1v) is 8.90. The molecule has 0 aliphatic rings. The third-order valence-corrected chi connectivity index (χ3v) is 4.69. The predicted octanol–water partition coefficient (Wildman–Crippen LogP) is 3.89. The molecule has 130 valence electrons. The van der Waals surface area contributed by atoms with Crippen molar-refractivity contribution in [1.29, 1.82) is 5.26 Å². The van der Waals surface area contributed by atoms with Crippen LogP contribution in [0.3, 0.4) is 0 Å². The Labute approximate surface area is 154 Å². The Bertz CT molecular complexity index is 1000. The molecule has 1 heterocycles. The summed E-state index contributed by atoms with van der Waals surface area (Å²) in [5.74, 6) is -0.939. The van der Waals surface area contributed by atoms with Crippen LogP contribution in [0.1, 0.15) is 18.1 Å². The Morgan fingerprint density at radius 3 is 2.73 bits per heavy atom. The molecule has 1 atom stereocenters. The van der Waals surface area contributed by atoms with E-state index in [0.29, 0.717) is 10.6 Å². The van der Waals surface area contributed by atoms with E-state index in [2.05, 4.69) is 5.32 Å². The summed E-state index contributed by atoms with van der Waals surface area (Å²) in [6, 6.07) is 17.3. The molecule has 5 nitrogen and oxygen atoms in total. The van der Waals surface area contributed by atoms with Crippen LogP contribution in [0.5, 0.6) is 0 Å². The van der Waals surface area contributed by atoms with E-state index < -0.39 is 18.0 Å². The lowest BCUT2D eigenvalue weighted by atomic mass is 10.1. The zero-order chi connectivity index (χ0) is 18.5. The van der Waals surface area contributed by atoms with Gasteiger partial charge in [-0.2, -0.15) is 5.26 Å². The fraction of sp³-hybridized carbons (Fsp3) is 0.150. The number of hydrogen-bond acceptors (Lipinski definition) is 5. The summed E-state index contributed by atoms with van der Waals surface area (Å²) in [7, 11) is 0. The molecule has 0 fully saturated rings. The number of amides is 1. The summed E-state index contributed by atoms with van der Waals surface area (Å²) in [6.07, 6.45) is -0.859. The molecular weight excluding hydrogens is 348 g/mol. The van der Waals surface area contributed by atoms with E-state index in [1.165, 1.54) is 18.3 Å². The number of anilines is 1. The summed E-state index contributed by atoms with van der Waals surface area (Å²) in [6.45, 7) is 1.51. The highest BCUT2D eigenvalue weighted by atomic mass is 32.1. The lowest BCUT2D eigenvalue weighted by Gasteiger charge is -2.13. The number of nitrogens with zero attached hydrogens (tertiary/aromatic N) is 1. The van der Waals surface area contributed by atoms with Gasteiger partial charge in [-0.05, 0) is 34.7 Å². The second-order valence-corrected chi connectivity index (χ2v) is 6.67. The molecule has 6 heteroatoms. The monoisotopic (exact) mass is 364 g/mol. The Kier molecular flexibility index (Phi) is 5.30. The van der Waals surface area contributed by atoms with Gasteiger partial charge in [0.1, 0.15) is 11.1 Å². The fourth-order valence-corrected chi connectivity index (χ4v) is 3.26. The van der Waals surface area contributed by atoms with E-state index in [0.717, 1.165) is 16.3 Å². The van der Waals surface area contributed by atoms with Gasteiger partial charge in [0.05, 0.1) is 12.0 Å². The highest BCUT2D eigenvalue weighted by molar-refractivity contribution is 7.14. The van der Waals surface area contributed by atoms with Crippen molar-refractivity contribution >= 4 is 39.0 Å². The van der Waals surface area contributed by atoms with Crippen molar-refractivity contribution in [2.24, 2.45) is 0 Å². The van der Waals surface area contributed by atoms with Crippen LogP contribution < -0.4 is 5.32 Å². The van der Waals surface area contributed by atoms with Gasteiger partial charge in [0.2, 0.25) is 0 Å². The van der Waals surface area contributed by atoms with E-state index >= 15 is 0 Å². The largest absolute Gasteiger partial charge is 0.452 e. The topological polar surface area (TPSA) is 79.2 Å². The second-order valence-electron chi connectivity index (χ2n) is 5.75. The fourth-order valence-electron chi connectivity index (χ4n) is 2.52. The minimum Gasteiger partial charge on any atom is -0.452 e. The number of esters is 1. The van der Waals surface area contributed by atoms with Crippen LogP contribution in [0, 0.1) is 11.3 Å². The van der Waals surface area contributed by atoms with Crippen molar-refractivity contribution in [3.63, 3.8) is 0 Å². The Balaban J connectivity index is 1.59. The molecule has 26 heavy (non-hydrogen) atoms. The number of nitriles is 1. The van der Waals surface area contributed by atoms with Crippen molar-refractivity contribution in [1.82, 2.24) is 0 Å². The molecule has 0 saturated heterocycles. The number of carbonyl (C=O) groups is 2. The number of carbonyl (C=O) groups excluding carboxylic acids is 2. The third kappa shape index (κ3) is 4.08. The van der Waals surface area contributed by atoms with Crippen molar-refractivity contribution < 1.29 is 14.3 Å². The minimum absolute atomic E-state index is 0.0882. The van der Waals surface area contributed by atoms with Crippen LogP contribution >= 0.6 is 11.3 Å². The predicted molar refractivity (Wildman–Crippen MR) is 101 cm³/mol. The molecule has 1 N–H and O–H groups in total. The minimum atomic E-state index is -0.948. The average molecular weight is 364 g/mol. The highest BCUT2D eigenvalue weighted by Crippen LogP contribution is 2.22. The van der Waals surface area contributed by atoms with E-state index in [1.54, 1.807) is 11.4 Å². The Morgan fingerprint density at radius 1 is 1.19 bits per heavy atom. The van der Waals surface area contributed by atoms with Gasteiger partial charge >= 0.3 is 5.97 Å². The molecule has 0 spiro atoms. The first-order chi connectivity index (χ1) is 12.6. The van der Waals surface area contributed by atoms with Gasteiger partial charge in [-0.1, -0.05) is 42.5 Å². The molecule has 0 saturated carbocycles. The van der Waals surface area contributed by atoms with Gasteiger partial charge in [0.25, 0.3) is 5.91 Å². The summed E-state index contributed by atoms with van der Waals surface area (Å²) in [5, 5.41) is 15.9. The maximum absolute atomic E-state index is 12.2. The summed E-state index contributed by atoms with van der Waals surface area (Å²) >= 11 is 1.25. The van der Waals surface area contributed by atoms with E-state index in [9.17, 15) is 9.59 Å². The van der Waals surface area contributed by atoms with Crippen LogP contribution in [-0.4, -0.2) is 18.0 Å². The first-order valence-electron chi connectivity index (χ1n) is 8.02. The number of nitrogens with one attached hydrogen (secondary N) is 1. The van der Waals surface area contributed by atoms with Crippen LogP contribution in [0.2, 0.25) is 0 Å². The molecule has 0 aliphatic carbocycles. The van der Waals surface area contributed by atoms with E-state index in [-0.39, 0.29) is 6.42 Å². The zero-order valence-electron chi connectivity index (χ0n) is 14.1. The van der Waals surface area contributed by atoms with Crippen LogP contribution in [0.25, 0.3) is 10.8 Å². The van der Waals surface area contributed by atoms with Gasteiger partial charge in [-0.3, -0.25) is 9.59 Å². The number of benzene rings is 2. The van der Waals surface area contributed by atoms with Gasteiger partial charge in [0, 0.05) is 0 Å². The standard InChI is InChI=1S/C20H16N2O3S/c1-13(19(24)22-20-17(12-21)8-9-26-20)25-18(23)11-14-6-7-15-4-2-3-5-16(15)10-14/h2-10,13H,11H2,1H3,(H,22,24)/t13-/m0/s1. The van der Waals surface area contributed by atoms with Gasteiger partial charge in [-0.25, -0.2) is 0 Å². The molecule has 0 bridgehead atoms. The number of fused-ring (bicyclic) bond motifs is 1. The van der Waals surface area contributed by atoms with Gasteiger partial charge in [0.15, 0.2) is 6.10 Å². The number of ether oxygens (including phenoxy) is 1. The second kappa shape index (κ2) is 7.81. The smallest absolute Gasteiger partial charge is 0.311 e. The maximum atomic E-state index is 12.2. The summed E-state index contributed by atoms with van der Waals surface area (Å²) in [5.41, 5.74) is 1.21. The van der Waals surface area contributed by atoms with E-state index in [4.69, 9.17) is 10.00 Å². The third-order valence-electron chi connectivity index (χ3n) is 3.86. The van der Waals surface area contributed by atoms with Crippen molar-refractivity contribution in [2.75, 3.05) is 5.32 Å². The Hall–Kier alpha value is -3.17. The number of hydrogen-bond donors (Lipinski definition) is 1. The highest BCUT2D eigenvalue weighted by Gasteiger charge is 2.19. The summed E-state index contributed by atoms with van der Waals surface area (Å²) < 4.78 is 5.22. The van der Waals surface area contributed by atoms with E-state index in [1.807, 2.05) is 48.5 Å². The van der Waals surface area contributed by atoms with Crippen LogP contribution in [0.15, 0.2) is 53.9 Å². The Morgan fingerprint density at radius 2 is 1.96 bits per heavy atom. The van der Waals surface area contributed by atoms with Crippen molar-refractivity contribution in [3.8, 4) is 6.07 Å². The molecule has 3 aromatic rings. The first kappa shape index (κ1) is 17.6. The zero-order valence-corrected chi connectivity index (χ0v) is 14.9. The van der Waals surface area contributed by atoms with Crippen molar-refractivity contribution in [3.05, 3.63) is 65.0 Å².